The Labute approximate surface area is 384 Å². The number of rotatable bonds is 11. The topological polar surface area (TPSA) is 199 Å². The standard InChI is InChI=1S/C32H42O3.3CH4O3S.3Na/c1-21(2)31(26-11-17-29(34-7)18-12-26)24(5)32(27-13-19-30(35-8)20-14-27)23(4)22(3)25-9-15-28(33-6)16-10-25;3*1-5(2,3)4;;;/h9-24,31-32H,1-8H3;3*1H3,(H,2,3,4);;;/q;;;;3*+1/p-3. The van der Waals surface area contributed by atoms with Crippen LogP contribution in [0, 0.1) is 17.8 Å². The van der Waals surface area contributed by atoms with Crippen LogP contribution in [0.15, 0.2) is 72.8 Å². The Morgan fingerprint density at radius 1 is 0.434 bits per heavy atom. The molecule has 3 rings (SSSR count). The van der Waals surface area contributed by atoms with E-state index in [2.05, 4.69) is 107 Å². The van der Waals surface area contributed by atoms with E-state index in [1.54, 1.807) is 21.3 Å². The minimum Gasteiger partial charge on any atom is -0.748 e. The second-order valence-electron chi connectivity index (χ2n) is 12.2. The molecule has 3 aromatic rings. The van der Waals surface area contributed by atoms with Gasteiger partial charge in [0.15, 0.2) is 0 Å². The zero-order chi connectivity index (χ0) is 39.0. The van der Waals surface area contributed by atoms with Gasteiger partial charge in [-0.1, -0.05) is 71.0 Å². The number of benzene rings is 3. The molecular formula is C35H51Na3O12S3. The first-order valence-corrected chi connectivity index (χ1v) is 20.9. The first kappa shape index (κ1) is 59.5. The van der Waals surface area contributed by atoms with E-state index in [0.29, 0.717) is 54.3 Å². The van der Waals surface area contributed by atoms with Crippen LogP contribution >= 0.6 is 0 Å². The molecule has 3 aromatic carbocycles. The van der Waals surface area contributed by atoms with Gasteiger partial charge in [0.1, 0.15) is 17.2 Å². The average molecular weight is 829 g/mol. The fourth-order valence-electron chi connectivity index (χ4n) is 5.78. The maximum absolute atomic E-state index is 9.08. The molecule has 0 radical (unpaired) electrons. The van der Waals surface area contributed by atoms with E-state index in [0.717, 1.165) is 17.2 Å². The first-order valence-electron chi connectivity index (χ1n) is 15.4. The van der Waals surface area contributed by atoms with Crippen molar-refractivity contribution in [3.63, 3.8) is 0 Å². The number of methoxy groups -OCH3 is 3. The molecule has 0 heterocycles. The monoisotopic (exact) mass is 828 g/mol. The molecule has 5 atom stereocenters. The van der Waals surface area contributed by atoms with E-state index in [-0.39, 0.29) is 88.7 Å². The normalized spacial score (nSPS) is 13.6. The van der Waals surface area contributed by atoms with Gasteiger partial charge in [0, 0.05) is 18.8 Å². The van der Waals surface area contributed by atoms with E-state index < -0.39 is 30.4 Å². The zero-order valence-corrected chi connectivity index (χ0v) is 42.0. The molecule has 0 N–H and O–H groups in total. The molecule has 0 bridgehead atoms. The van der Waals surface area contributed by atoms with E-state index >= 15 is 0 Å². The Morgan fingerprint density at radius 3 is 0.887 bits per heavy atom. The summed E-state index contributed by atoms with van der Waals surface area (Å²) in [5.74, 6) is 5.21. The molecule has 18 heteroatoms. The molecule has 0 aliphatic heterocycles. The molecule has 5 unspecified atom stereocenters. The Bertz CT molecular complexity index is 1640. The minimum absolute atomic E-state index is 0. The summed E-state index contributed by atoms with van der Waals surface area (Å²) in [7, 11) is -6.59. The van der Waals surface area contributed by atoms with Crippen molar-refractivity contribution in [2.75, 3.05) is 40.1 Å². The van der Waals surface area contributed by atoms with Crippen molar-refractivity contribution in [3.05, 3.63) is 89.5 Å². The predicted octanol–water partition coefficient (Wildman–Crippen LogP) is -3.19. The summed E-state index contributed by atoms with van der Waals surface area (Å²) in [5.41, 5.74) is 4.08. The van der Waals surface area contributed by atoms with Gasteiger partial charge in [0.05, 0.1) is 51.7 Å². The molecule has 53 heavy (non-hydrogen) atoms. The van der Waals surface area contributed by atoms with Crippen molar-refractivity contribution in [2.24, 2.45) is 17.8 Å². The summed E-state index contributed by atoms with van der Waals surface area (Å²) in [5, 5.41) is 0. The molecule has 0 spiro atoms. The van der Waals surface area contributed by atoms with E-state index in [1.165, 1.54) is 16.7 Å². The molecule has 0 amide bonds. The van der Waals surface area contributed by atoms with Gasteiger partial charge in [0.25, 0.3) is 0 Å². The molecule has 0 aliphatic rings. The van der Waals surface area contributed by atoms with Gasteiger partial charge < -0.3 is 27.9 Å². The van der Waals surface area contributed by atoms with Crippen LogP contribution in [-0.4, -0.2) is 79.0 Å². The third kappa shape index (κ3) is 27.9. The van der Waals surface area contributed by atoms with Crippen molar-refractivity contribution in [2.45, 2.75) is 52.4 Å². The fourth-order valence-corrected chi connectivity index (χ4v) is 5.78. The Balaban J connectivity index is -0.000000565. The largest absolute Gasteiger partial charge is 1.00 e. The fraction of sp³-hybridized carbons (Fsp3) is 0.486. The second-order valence-corrected chi connectivity index (χ2v) is 16.5. The summed E-state index contributed by atoms with van der Waals surface area (Å²) >= 11 is 0. The van der Waals surface area contributed by atoms with Crippen molar-refractivity contribution >= 4 is 30.4 Å². The second kappa shape index (κ2) is 28.2. The Morgan fingerprint density at radius 2 is 0.660 bits per heavy atom. The number of ether oxygens (including phenoxy) is 3. The predicted molar refractivity (Wildman–Crippen MR) is 193 cm³/mol. The van der Waals surface area contributed by atoms with E-state index in [1.807, 2.05) is 0 Å². The van der Waals surface area contributed by atoms with Crippen molar-refractivity contribution in [3.8, 4) is 17.2 Å². The van der Waals surface area contributed by atoms with Crippen LogP contribution in [0.4, 0.5) is 0 Å². The molecular weight excluding hydrogens is 778 g/mol. The van der Waals surface area contributed by atoms with E-state index in [4.69, 9.17) is 53.1 Å². The van der Waals surface area contributed by atoms with Crippen LogP contribution in [0.3, 0.4) is 0 Å². The molecule has 0 aliphatic carbocycles. The maximum atomic E-state index is 9.08. The number of hydrogen-bond acceptors (Lipinski definition) is 12. The smallest absolute Gasteiger partial charge is 0.748 e. The van der Waals surface area contributed by atoms with Gasteiger partial charge in [-0.15, -0.1) is 0 Å². The minimum atomic E-state index is -3.92. The summed E-state index contributed by atoms with van der Waals surface area (Å²) < 4.78 is 98.0. The Kier molecular flexibility index (Phi) is 31.7. The average Bonchev–Trinajstić information content (AvgIpc) is 2.99. The molecule has 0 aromatic heterocycles. The van der Waals surface area contributed by atoms with Crippen LogP contribution < -0.4 is 103 Å². The first-order chi connectivity index (χ1) is 22.8. The zero-order valence-electron chi connectivity index (χ0n) is 33.5. The third-order valence-electron chi connectivity index (χ3n) is 7.85. The van der Waals surface area contributed by atoms with Crippen LogP contribution in [0.5, 0.6) is 17.2 Å². The van der Waals surface area contributed by atoms with Gasteiger partial charge in [-0.2, -0.15) is 0 Å². The van der Waals surface area contributed by atoms with Crippen molar-refractivity contribution < 1.29 is 142 Å². The SMILES string of the molecule is COc1ccc(C(C)C(C)C(c2ccc(OC)cc2)C(C)C(c2ccc(OC)cc2)C(C)C)cc1.CS(=O)(=O)[O-].CS(=O)(=O)[O-].CS(=O)(=O)[O-].[Na+].[Na+].[Na+]. The quantitative estimate of drug-likeness (QED) is 0.139. The molecule has 284 valence electrons. The molecule has 12 nitrogen and oxygen atoms in total. The van der Waals surface area contributed by atoms with Gasteiger partial charge in [-0.25, -0.2) is 25.3 Å². The Hall–Kier alpha value is -0.210. The van der Waals surface area contributed by atoms with E-state index in [9.17, 15) is 0 Å². The van der Waals surface area contributed by atoms with Crippen LogP contribution in [0.25, 0.3) is 0 Å². The van der Waals surface area contributed by atoms with Gasteiger partial charge in [-0.3, -0.25) is 0 Å². The number of hydrogen-bond donors (Lipinski definition) is 0. The summed E-state index contributed by atoms with van der Waals surface area (Å²) in [6.07, 6.45) is 1.81. The summed E-state index contributed by atoms with van der Waals surface area (Å²) in [6.45, 7) is 11.9. The maximum Gasteiger partial charge on any atom is 1.00 e. The summed E-state index contributed by atoms with van der Waals surface area (Å²) in [6, 6.07) is 25.9. The molecule has 0 saturated carbocycles. The van der Waals surface area contributed by atoms with Crippen LogP contribution in [-0.2, 0) is 30.4 Å². The van der Waals surface area contributed by atoms with Crippen molar-refractivity contribution in [1.82, 2.24) is 0 Å². The summed E-state index contributed by atoms with van der Waals surface area (Å²) in [4.78, 5) is 0. The third-order valence-corrected chi connectivity index (χ3v) is 7.85. The van der Waals surface area contributed by atoms with Gasteiger partial charge in [-0.05, 0) is 88.6 Å². The molecule has 0 saturated heterocycles. The van der Waals surface area contributed by atoms with Crippen molar-refractivity contribution in [1.29, 1.82) is 0 Å². The molecule has 0 fully saturated rings. The van der Waals surface area contributed by atoms with Crippen LogP contribution in [0.1, 0.15) is 69.1 Å². The van der Waals surface area contributed by atoms with Gasteiger partial charge >= 0.3 is 88.7 Å². The van der Waals surface area contributed by atoms with Crippen LogP contribution in [0.2, 0.25) is 0 Å². The van der Waals surface area contributed by atoms with Gasteiger partial charge in [0.2, 0.25) is 0 Å².